The third-order valence-electron chi connectivity index (χ3n) is 3.00. The number of ether oxygens (including phenoxy) is 2. The molecule has 21 heavy (non-hydrogen) atoms. The van der Waals surface area contributed by atoms with Gasteiger partial charge in [0.2, 0.25) is 0 Å². The molecule has 0 fully saturated rings. The van der Waals surface area contributed by atoms with Crippen LogP contribution in [0.1, 0.15) is 41.0 Å². The minimum absolute atomic E-state index is 0.0715. The van der Waals surface area contributed by atoms with Crippen molar-refractivity contribution in [3.05, 3.63) is 24.3 Å². The van der Waals surface area contributed by atoms with Crippen LogP contribution in [0.2, 0.25) is 0 Å². The second-order valence-electron chi connectivity index (χ2n) is 5.78. The molecule has 0 aliphatic heterocycles. The molecule has 0 saturated heterocycles. The van der Waals surface area contributed by atoms with E-state index >= 15 is 0 Å². The highest BCUT2D eigenvalue weighted by molar-refractivity contribution is 5.33. The van der Waals surface area contributed by atoms with Crippen molar-refractivity contribution >= 4 is 0 Å². The fraction of sp³-hybridized carbons (Fsp3) is 0.588. The molecule has 0 aliphatic rings. The summed E-state index contributed by atoms with van der Waals surface area (Å²) >= 11 is 0. The molecule has 1 aromatic carbocycles. The topological polar surface area (TPSA) is 54.3 Å². The van der Waals surface area contributed by atoms with Gasteiger partial charge in [0.1, 0.15) is 17.0 Å². The fourth-order valence-electron chi connectivity index (χ4n) is 2.43. The standard InChI is InChI=1S/C17H26N2O2/c1-6-20-15-8-7-9-16(10-15)21-14(4)11-17(5,12-18)19-13(2)3/h7-10,13-14,19H,6,11H2,1-5H3. The Balaban J connectivity index is 2.66. The molecule has 0 aromatic heterocycles. The summed E-state index contributed by atoms with van der Waals surface area (Å²) in [7, 11) is 0. The van der Waals surface area contributed by atoms with Gasteiger partial charge in [-0.25, -0.2) is 0 Å². The van der Waals surface area contributed by atoms with Crippen LogP contribution in [0.3, 0.4) is 0 Å². The normalized spacial score (nSPS) is 15.1. The second kappa shape index (κ2) is 7.90. The van der Waals surface area contributed by atoms with Crippen LogP contribution >= 0.6 is 0 Å². The van der Waals surface area contributed by atoms with Gasteiger partial charge >= 0.3 is 0 Å². The van der Waals surface area contributed by atoms with Gasteiger partial charge in [-0.15, -0.1) is 0 Å². The van der Waals surface area contributed by atoms with Crippen molar-refractivity contribution in [2.24, 2.45) is 0 Å². The first kappa shape index (κ1) is 17.3. The molecule has 0 saturated carbocycles. The van der Waals surface area contributed by atoms with E-state index in [4.69, 9.17) is 9.47 Å². The molecule has 0 amide bonds. The molecular weight excluding hydrogens is 264 g/mol. The van der Waals surface area contributed by atoms with Gasteiger partial charge in [0.25, 0.3) is 0 Å². The smallest absolute Gasteiger partial charge is 0.123 e. The van der Waals surface area contributed by atoms with Gasteiger partial charge in [0.15, 0.2) is 0 Å². The van der Waals surface area contributed by atoms with E-state index in [2.05, 4.69) is 11.4 Å². The van der Waals surface area contributed by atoms with Crippen LogP contribution in [0.5, 0.6) is 11.5 Å². The third-order valence-corrected chi connectivity index (χ3v) is 3.00. The molecule has 1 rings (SSSR count). The Morgan fingerprint density at radius 3 is 2.52 bits per heavy atom. The second-order valence-corrected chi connectivity index (χ2v) is 5.78. The van der Waals surface area contributed by atoms with Crippen LogP contribution in [0, 0.1) is 11.3 Å². The first-order valence-corrected chi connectivity index (χ1v) is 7.47. The highest BCUT2D eigenvalue weighted by Gasteiger charge is 2.27. The third kappa shape index (κ3) is 6.05. The predicted octanol–water partition coefficient (Wildman–Crippen LogP) is 3.52. The van der Waals surface area contributed by atoms with Gasteiger partial charge < -0.3 is 9.47 Å². The van der Waals surface area contributed by atoms with Crippen LogP contribution in [-0.4, -0.2) is 24.3 Å². The van der Waals surface area contributed by atoms with Gasteiger partial charge in [-0.2, -0.15) is 5.26 Å². The number of nitrogens with one attached hydrogen (secondary N) is 1. The van der Waals surface area contributed by atoms with E-state index in [1.807, 2.05) is 58.9 Å². The number of nitriles is 1. The molecule has 0 radical (unpaired) electrons. The summed E-state index contributed by atoms with van der Waals surface area (Å²) in [6.45, 7) is 10.5. The molecule has 1 N–H and O–H groups in total. The summed E-state index contributed by atoms with van der Waals surface area (Å²) in [6.07, 6.45) is 0.540. The molecule has 0 spiro atoms. The fourth-order valence-corrected chi connectivity index (χ4v) is 2.43. The Morgan fingerprint density at radius 1 is 1.29 bits per heavy atom. The summed E-state index contributed by atoms with van der Waals surface area (Å²) < 4.78 is 11.4. The lowest BCUT2D eigenvalue weighted by molar-refractivity contribution is 0.175. The quantitative estimate of drug-likeness (QED) is 0.796. The van der Waals surface area contributed by atoms with E-state index in [1.54, 1.807) is 0 Å². The molecule has 0 heterocycles. The van der Waals surface area contributed by atoms with Crippen molar-refractivity contribution in [3.63, 3.8) is 0 Å². The SMILES string of the molecule is CCOc1cccc(OC(C)CC(C)(C#N)NC(C)C)c1. The lowest BCUT2D eigenvalue weighted by Gasteiger charge is -2.29. The van der Waals surface area contributed by atoms with Crippen LogP contribution in [0.15, 0.2) is 24.3 Å². The summed E-state index contributed by atoms with van der Waals surface area (Å²) in [5.41, 5.74) is -0.592. The number of benzene rings is 1. The molecule has 4 nitrogen and oxygen atoms in total. The van der Waals surface area contributed by atoms with E-state index < -0.39 is 5.54 Å². The number of hydrogen-bond donors (Lipinski definition) is 1. The maximum absolute atomic E-state index is 9.38. The zero-order valence-corrected chi connectivity index (χ0v) is 13.6. The van der Waals surface area contributed by atoms with Crippen molar-refractivity contribution in [2.75, 3.05) is 6.61 Å². The van der Waals surface area contributed by atoms with E-state index in [1.165, 1.54) is 0 Å². The average molecular weight is 290 g/mol. The molecule has 4 heteroatoms. The molecule has 116 valence electrons. The predicted molar refractivity (Wildman–Crippen MR) is 84.6 cm³/mol. The Hall–Kier alpha value is -1.73. The number of rotatable bonds is 8. The highest BCUT2D eigenvalue weighted by Crippen LogP contribution is 2.23. The first-order chi connectivity index (χ1) is 9.88. The molecule has 1 aromatic rings. The summed E-state index contributed by atoms with van der Waals surface area (Å²) in [5.74, 6) is 1.56. The summed E-state index contributed by atoms with van der Waals surface area (Å²) in [5, 5.41) is 12.7. The minimum atomic E-state index is -0.592. The van der Waals surface area contributed by atoms with Crippen LogP contribution in [0.25, 0.3) is 0 Å². The van der Waals surface area contributed by atoms with Crippen LogP contribution in [-0.2, 0) is 0 Å². The van der Waals surface area contributed by atoms with Gasteiger partial charge in [-0.3, -0.25) is 5.32 Å². The molecule has 0 aliphatic carbocycles. The molecule has 2 unspecified atom stereocenters. The van der Waals surface area contributed by atoms with Crippen molar-refractivity contribution in [3.8, 4) is 17.6 Å². The Bertz CT molecular complexity index is 482. The van der Waals surface area contributed by atoms with Gasteiger partial charge in [-0.1, -0.05) is 6.07 Å². The van der Waals surface area contributed by atoms with E-state index in [-0.39, 0.29) is 12.1 Å². The van der Waals surface area contributed by atoms with Crippen LogP contribution < -0.4 is 14.8 Å². The molecule has 0 bridgehead atoms. The van der Waals surface area contributed by atoms with Crippen molar-refractivity contribution in [1.82, 2.24) is 5.32 Å². The Morgan fingerprint density at radius 2 is 1.95 bits per heavy atom. The molecule has 2 atom stereocenters. The Kier molecular flexibility index (Phi) is 6.51. The lowest BCUT2D eigenvalue weighted by Crippen LogP contribution is -2.47. The maximum atomic E-state index is 9.38. The largest absolute Gasteiger partial charge is 0.494 e. The maximum Gasteiger partial charge on any atom is 0.123 e. The van der Waals surface area contributed by atoms with Crippen LogP contribution in [0.4, 0.5) is 0 Å². The summed E-state index contributed by atoms with van der Waals surface area (Å²) in [4.78, 5) is 0. The van der Waals surface area contributed by atoms with Crippen molar-refractivity contribution < 1.29 is 9.47 Å². The van der Waals surface area contributed by atoms with E-state index in [0.29, 0.717) is 13.0 Å². The van der Waals surface area contributed by atoms with E-state index in [9.17, 15) is 5.26 Å². The minimum Gasteiger partial charge on any atom is -0.494 e. The zero-order chi connectivity index (χ0) is 15.9. The lowest BCUT2D eigenvalue weighted by atomic mass is 9.95. The summed E-state index contributed by atoms with van der Waals surface area (Å²) in [6, 6.07) is 10.2. The number of hydrogen-bond acceptors (Lipinski definition) is 4. The monoisotopic (exact) mass is 290 g/mol. The average Bonchev–Trinajstić information content (AvgIpc) is 2.38. The van der Waals surface area contributed by atoms with Crippen molar-refractivity contribution in [1.29, 1.82) is 5.26 Å². The van der Waals surface area contributed by atoms with Gasteiger partial charge in [0.05, 0.1) is 18.8 Å². The first-order valence-electron chi connectivity index (χ1n) is 7.47. The zero-order valence-electron chi connectivity index (χ0n) is 13.6. The Labute approximate surface area is 128 Å². The number of nitrogens with zero attached hydrogens (tertiary/aromatic N) is 1. The highest BCUT2D eigenvalue weighted by atomic mass is 16.5. The molecular formula is C17H26N2O2. The van der Waals surface area contributed by atoms with Gasteiger partial charge in [0, 0.05) is 18.5 Å². The van der Waals surface area contributed by atoms with Crippen molar-refractivity contribution in [2.45, 2.75) is 58.7 Å². The van der Waals surface area contributed by atoms with E-state index in [0.717, 1.165) is 11.5 Å². The van der Waals surface area contributed by atoms with Gasteiger partial charge in [-0.05, 0) is 46.8 Å².